The second-order valence-electron chi connectivity index (χ2n) is 7.61. The number of benzene rings is 1. The van der Waals surface area contributed by atoms with E-state index in [0.717, 1.165) is 25.6 Å². The summed E-state index contributed by atoms with van der Waals surface area (Å²) in [6, 6.07) is 4.65. The van der Waals surface area contributed by atoms with Gasteiger partial charge in [-0.15, -0.1) is 4.91 Å². The molecule has 1 aromatic carbocycles. The van der Waals surface area contributed by atoms with Crippen molar-refractivity contribution < 1.29 is 4.74 Å². The molecule has 5 heteroatoms. The molecule has 5 nitrogen and oxygen atoms in total. The molecule has 1 saturated carbocycles. The van der Waals surface area contributed by atoms with Crippen LogP contribution in [0.1, 0.15) is 38.2 Å². The van der Waals surface area contributed by atoms with Gasteiger partial charge in [0.1, 0.15) is 11.4 Å². The normalized spacial score (nSPS) is 20.3. The number of piperidine rings is 1. The van der Waals surface area contributed by atoms with Gasteiger partial charge < -0.3 is 14.5 Å². The molecule has 1 spiro atoms. The monoisotopic (exact) mass is 331 g/mol. The van der Waals surface area contributed by atoms with Gasteiger partial charge in [-0.05, 0) is 68.4 Å². The lowest BCUT2D eigenvalue weighted by Gasteiger charge is -2.54. The Balaban J connectivity index is 1.73. The number of methoxy groups -OCH3 is 1. The summed E-state index contributed by atoms with van der Waals surface area (Å²) in [5.74, 6) is 0.578. The highest BCUT2D eigenvalue weighted by molar-refractivity contribution is 5.66. The molecule has 1 heterocycles. The Labute approximate surface area is 144 Å². The molecular formula is C19H29N3O2. The molecule has 1 aliphatic carbocycles. The molecule has 1 aliphatic heterocycles. The van der Waals surface area contributed by atoms with Gasteiger partial charge in [0.15, 0.2) is 0 Å². The van der Waals surface area contributed by atoms with Crippen molar-refractivity contribution in [2.24, 2.45) is 10.6 Å². The van der Waals surface area contributed by atoms with Crippen molar-refractivity contribution in [1.29, 1.82) is 0 Å². The van der Waals surface area contributed by atoms with Gasteiger partial charge >= 0.3 is 0 Å². The van der Waals surface area contributed by atoms with Crippen LogP contribution < -0.4 is 9.64 Å². The van der Waals surface area contributed by atoms with E-state index in [4.69, 9.17) is 4.74 Å². The molecule has 1 saturated heterocycles. The SMILES string of the molecule is CCc1cc(N=O)c(OC)cc1N1CCC2(CC1)CC(N(C)C)C2. The summed E-state index contributed by atoms with van der Waals surface area (Å²) in [6.07, 6.45) is 6.09. The molecule has 0 atom stereocenters. The summed E-state index contributed by atoms with van der Waals surface area (Å²) in [5.41, 5.74) is 3.35. The third-order valence-corrected chi connectivity index (χ3v) is 6.09. The lowest BCUT2D eigenvalue weighted by atomic mass is 9.60. The largest absolute Gasteiger partial charge is 0.494 e. The van der Waals surface area contributed by atoms with E-state index < -0.39 is 0 Å². The molecule has 2 fully saturated rings. The lowest BCUT2D eigenvalue weighted by Crippen LogP contribution is -2.53. The highest BCUT2D eigenvalue weighted by atomic mass is 16.5. The zero-order valence-electron chi connectivity index (χ0n) is 15.3. The zero-order valence-corrected chi connectivity index (χ0v) is 15.3. The van der Waals surface area contributed by atoms with Gasteiger partial charge in [0.2, 0.25) is 0 Å². The quantitative estimate of drug-likeness (QED) is 0.766. The number of nitroso groups, excluding NO2 is 1. The van der Waals surface area contributed by atoms with Crippen LogP contribution in [0.4, 0.5) is 11.4 Å². The predicted molar refractivity (Wildman–Crippen MR) is 98.4 cm³/mol. The zero-order chi connectivity index (χ0) is 17.3. The minimum absolute atomic E-state index is 0.402. The van der Waals surface area contributed by atoms with Gasteiger partial charge in [0, 0.05) is 30.9 Å². The average Bonchev–Trinajstić information content (AvgIpc) is 2.58. The van der Waals surface area contributed by atoms with Crippen LogP contribution >= 0.6 is 0 Å². The molecule has 0 bridgehead atoms. The van der Waals surface area contributed by atoms with Gasteiger partial charge in [-0.25, -0.2) is 0 Å². The van der Waals surface area contributed by atoms with Gasteiger partial charge in [0.25, 0.3) is 0 Å². The molecular weight excluding hydrogens is 302 g/mol. The second-order valence-corrected chi connectivity index (χ2v) is 7.61. The van der Waals surface area contributed by atoms with Gasteiger partial charge in [-0.2, -0.15) is 0 Å². The highest BCUT2D eigenvalue weighted by Crippen LogP contribution is 2.51. The van der Waals surface area contributed by atoms with Crippen LogP contribution in [0.25, 0.3) is 0 Å². The van der Waals surface area contributed by atoms with Crippen molar-refractivity contribution in [3.63, 3.8) is 0 Å². The number of nitrogens with zero attached hydrogens (tertiary/aromatic N) is 3. The van der Waals surface area contributed by atoms with Crippen molar-refractivity contribution in [2.45, 2.75) is 45.1 Å². The Morgan fingerprint density at radius 1 is 1.29 bits per heavy atom. The lowest BCUT2D eigenvalue weighted by molar-refractivity contribution is 0.00488. The predicted octanol–water partition coefficient (Wildman–Crippen LogP) is 3.97. The van der Waals surface area contributed by atoms with Crippen molar-refractivity contribution in [2.75, 3.05) is 39.2 Å². The van der Waals surface area contributed by atoms with Crippen LogP contribution in [-0.2, 0) is 6.42 Å². The number of hydrogen-bond acceptors (Lipinski definition) is 5. The number of hydrogen-bond donors (Lipinski definition) is 0. The van der Waals surface area contributed by atoms with Crippen LogP contribution in [0.15, 0.2) is 17.3 Å². The molecule has 0 amide bonds. The Kier molecular flexibility index (Phi) is 4.81. The maximum atomic E-state index is 11.0. The number of aryl methyl sites for hydroxylation is 1. The minimum Gasteiger partial charge on any atom is -0.494 e. The Morgan fingerprint density at radius 2 is 1.96 bits per heavy atom. The van der Waals surface area contributed by atoms with Crippen LogP contribution in [0, 0.1) is 10.3 Å². The molecule has 0 N–H and O–H groups in total. The van der Waals surface area contributed by atoms with E-state index in [1.54, 1.807) is 7.11 Å². The van der Waals surface area contributed by atoms with Crippen molar-refractivity contribution >= 4 is 11.4 Å². The molecule has 3 rings (SSSR count). The van der Waals surface area contributed by atoms with Crippen LogP contribution in [-0.4, -0.2) is 45.2 Å². The molecule has 0 unspecified atom stereocenters. The van der Waals surface area contributed by atoms with E-state index in [-0.39, 0.29) is 0 Å². The second kappa shape index (κ2) is 6.71. The van der Waals surface area contributed by atoms with Crippen molar-refractivity contribution in [3.05, 3.63) is 22.6 Å². The molecule has 24 heavy (non-hydrogen) atoms. The van der Waals surface area contributed by atoms with Crippen molar-refractivity contribution in [3.8, 4) is 5.75 Å². The van der Waals surface area contributed by atoms with E-state index in [0.29, 0.717) is 16.9 Å². The summed E-state index contributed by atoms with van der Waals surface area (Å²) >= 11 is 0. The minimum atomic E-state index is 0.402. The average molecular weight is 331 g/mol. The maximum Gasteiger partial charge on any atom is 0.150 e. The fraction of sp³-hybridized carbons (Fsp3) is 0.684. The topological polar surface area (TPSA) is 45.1 Å². The Bertz CT molecular complexity index is 599. The first-order valence-corrected chi connectivity index (χ1v) is 8.97. The van der Waals surface area contributed by atoms with Crippen LogP contribution in [0.5, 0.6) is 5.75 Å². The Hall–Kier alpha value is -1.62. The third kappa shape index (κ3) is 3.02. The van der Waals surface area contributed by atoms with E-state index in [9.17, 15) is 4.91 Å². The third-order valence-electron chi connectivity index (χ3n) is 6.09. The van der Waals surface area contributed by atoms with Crippen molar-refractivity contribution in [1.82, 2.24) is 4.90 Å². The fourth-order valence-corrected chi connectivity index (χ4v) is 4.35. The maximum absolute atomic E-state index is 11.0. The van der Waals surface area contributed by atoms with Gasteiger partial charge in [-0.3, -0.25) is 0 Å². The van der Waals surface area contributed by atoms with E-state index in [1.165, 1.54) is 36.9 Å². The first-order valence-electron chi connectivity index (χ1n) is 8.97. The summed E-state index contributed by atoms with van der Waals surface area (Å²) < 4.78 is 5.35. The van der Waals surface area contributed by atoms with Gasteiger partial charge in [0.05, 0.1) is 7.11 Å². The summed E-state index contributed by atoms with van der Waals surface area (Å²) in [5, 5.41) is 3.11. The summed E-state index contributed by atoms with van der Waals surface area (Å²) in [6.45, 7) is 4.30. The number of ether oxygens (including phenoxy) is 1. The number of anilines is 1. The van der Waals surface area contributed by atoms with Crippen LogP contribution in [0.3, 0.4) is 0 Å². The Morgan fingerprint density at radius 3 is 2.46 bits per heavy atom. The molecule has 2 aliphatic rings. The first-order chi connectivity index (χ1) is 11.5. The first kappa shape index (κ1) is 17.2. The van der Waals surface area contributed by atoms with Gasteiger partial charge in [-0.1, -0.05) is 6.92 Å². The van der Waals surface area contributed by atoms with E-state index in [2.05, 4.69) is 36.0 Å². The summed E-state index contributed by atoms with van der Waals surface area (Å²) in [4.78, 5) is 15.8. The number of rotatable bonds is 5. The molecule has 132 valence electrons. The summed E-state index contributed by atoms with van der Waals surface area (Å²) in [7, 11) is 5.98. The highest BCUT2D eigenvalue weighted by Gasteiger charge is 2.46. The molecule has 1 aromatic rings. The molecule has 0 aromatic heterocycles. The van der Waals surface area contributed by atoms with Crippen LogP contribution in [0.2, 0.25) is 0 Å². The fourth-order valence-electron chi connectivity index (χ4n) is 4.35. The standard InChI is InChI=1S/C19H29N3O2/c1-5-14-10-16(20-23)18(24-4)11-17(14)22-8-6-19(7-9-22)12-15(13-19)21(2)3/h10-11,15H,5-9,12-13H2,1-4H3. The smallest absolute Gasteiger partial charge is 0.150 e. The van der Waals surface area contributed by atoms with E-state index >= 15 is 0 Å². The molecule has 0 radical (unpaired) electrons. The van der Waals surface area contributed by atoms with E-state index in [1.807, 2.05) is 12.1 Å².